The summed E-state index contributed by atoms with van der Waals surface area (Å²) in [6.07, 6.45) is 4.08. The average Bonchev–Trinajstić information content (AvgIpc) is 3.05. The molecule has 0 saturated carbocycles. The predicted molar refractivity (Wildman–Crippen MR) is 106 cm³/mol. The number of nitrogens with one attached hydrogen (secondary N) is 1. The number of pyridine rings is 1. The summed E-state index contributed by atoms with van der Waals surface area (Å²) in [6.45, 7) is 0.0917. The van der Waals surface area contributed by atoms with Crippen molar-refractivity contribution in [2.24, 2.45) is 0 Å². The quantitative estimate of drug-likeness (QED) is 0.349. The molecule has 0 unspecified atom stereocenters. The fourth-order valence-electron chi connectivity index (χ4n) is 4.42. The number of rotatable bonds is 5. The molecule has 2 fully saturated rings. The monoisotopic (exact) mass is 514 g/mol. The van der Waals surface area contributed by atoms with Gasteiger partial charge in [0, 0.05) is 24.7 Å². The van der Waals surface area contributed by atoms with Gasteiger partial charge in [-0.25, -0.2) is 8.91 Å². The zero-order chi connectivity index (χ0) is 19.2. The Labute approximate surface area is 172 Å². The molecule has 0 radical (unpaired) electrons. The van der Waals surface area contributed by atoms with Crippen LogP contribution < -0.4 is 5.32 Å². The largest absolute Gasteiger partial charge is 0.446 e. The molecule has 0 aromatic carbocycles. The molecule has 1 N–H and O–H groups in total. The topological polar surface area (TPSA) is 32.6 Å². The maximum Gasteiger partial charge on any atom is 0.446 e. The molecule has 3 atom stereocenters. The summed E-state index contributed by atoms with van der Waals surface area (Å²) >= 11 is 1.71. The molecule has 10 heteroatoms. The van der Waals surface area contributed by atoms with Gasteiger partial charge in [0.1, 0.15) is 16.2 Å². The summed E-state index contributed by atoms with van der Waals surface area (Å²) in [5, 5.41) is 7.81. The lowest BCUT2D eigenvalue weighted by molar-refractivity contribution is -0.0328. The zero-order valence-electron chi connectivity index (χ0n) is 14.3. The van der Waals surface area contributed by atoms with Crippen molar-refractivity contribution in [3.63, 3.8) is 0 Å². The molecule has 0 aliphatic carbocycles. The van der Waals surface area contributed by atoms with Crippen LogP contribution in [-0.4, -0.2) is 51.4 Å². The number of halogens is 5. The summed E-state index contributed by atoms with van der Waals surface area (Å²) < 4.78 is 53.5. The molecule has 2 aliphatic heterocycles. The molecule has 27 heavy (non-hydrogen) atoms. The molecule has 2 aliphatic rings. The minimum Gasteiger partial charge on any atom is -0.366 e. The molecule has 4 heterocycles. The Morgan fingerprint density at radius 2 is 2.00 bits per heavy atom. The van der Waals surface area contributed by atoms with E-state index in [2.05, 4.69) is 15.3 Å². The molecule has 2 aromatic rings. The molecule has 4 nitrogen and oxygen atoms in total. The van der Waals surface area contributed by atoms with Crippen molar-refractivity contribution in [3.8, 4) is 0 Å². The third kappa shape index (κ3) is 3.89. The number of piperidine rings is 1. The minimum absolute atomic E-state index is 0.121. The normalized spacial score (nSPS) is 26.0. The molecule has 0 amide bonds. The highest BCUT2D eigenvalue weighted by atomic mass is 127. The zero-order valence-corrected chi connectivity index (χ0v) is 17.3. The Hall–Kier alpha value is -0.750. The van der Waals surface area contributed by atoms with Crippen molar-refractivity contribution in [2.45, 2.75) is 54.2 Å². The van der Waals surface area contributed by atoms with Crippen molar-refractivity contribution in [1.82, 2.24) is 14.5 Å². The van der Waals surface area contributed by atoms with E-state index in [0.717, 1.165) is 25.7 Å². The van der Waals surface area contributed by atoms with Gasteiger partial charge in [-0.2, -0.15) is 18.3 Å². The Bertz CT molecular complexity index is 827. The third-order valence-corrected chi connectivity index (χ3v) is 7.39. The SMILES string of the molecule is FCCN1[C@H]2CC[C@@H]1[C@H](Nc1cccc3c(SC(F)(F)F)c(I)nn13)CC2. The highest BCUT2D eigenvalue weighted by Gasteiger charge is 2.42. The maximum atomic E-state index is 12.9. The van der Waals surface area contributed by atoms with Gasteiger partial charge >= 0.3 is 5.51 Å². The first-order chi connectivity index (χ1) is 12.9. The Balaban J connectivity index is 1.62. The van der Waals surface area contributed by atoms with E-state index in [1.54, 1.807) is 16.6 Å². The van der Waals surface area contributed by atoms with Gasteiger partial charge in [-0.1, -0.05) is 6.07 Å². The molecule has 2 aromatic heterocycles. The smallest absolute Gasteiger partial charge is 0.366 e. The van der Waals surface area contributed by atoms with Gasteiger partial charge in [-0.15, -0.1) is 0 Å². The van der Waals surface area contributed by atoms with Crippen LogP contribution in [0.5, 0.6) is 0 Å². The minimum atomic E-state index is -4.36. The standard InChI is InChI=1S/C17H19F4IN4S/c18-8-9-25-10-4-6-11(12(25)7-5-10)23-14-3-1-2-13-15(27-17(19,20)21)16(22)24-26(13)14/h1-3,10-12,23H,4-9H2/t10-,11-,12-/m1/s1. The molecule has 2 bridgehead atoms. The van der Waals surface area contributed by atoms with Gasteiger partial charge in [0.25, 0.3) is 0 Å². The van der Waals surface area contributed by atoms with Crippen LogP contribution >= 0.6 is 34.4 Å². The van der Waals surface area contributed by atoms with Crippen LogP contribution in [0, 0.1) is 3.70 Å². The number of hydrogen-bond donors (Lipinski definition) is 1. The Kier molecular flexibility index (Phi) is 5.49. The van der Waals surface area contributed by atoms with Crippen molar-refractivity contribution in [3.05, 3.63) is 21.9 Å². The fraction of sp³-hybridized carbons (Fsp3) is 0.588. The van der Waals surface area contributed by atoms with E-state index < -0.39 is 5.51 Å². The second-order valence-corrected chi connectivity index (χ2v) is 9.03. The van der Waals surface area contributed by atoms with E-state index in [1.807, 2.05) is 28.7 Å². The molecular formula is C17H19F4IN4S. The summed E-state index contributed by atoms with van der Waals surface area (Å²) in [6, 6.07) is 6.08. The van der Waals surface area contributed by atoms with Crippen LogP contribution in [0.3, 0.4) is 0 Å². The average molecular weight is 514 g/mol. The van der Waals surface area contributed by atoms with Gasteiger partial charge in [0.15, 0.2) is 0 Å². The number of thioether (sulfide) groups is 1. The maximum absolute atomic E-state index is 12.9. The lowest BCUT2D eigenvalue weighted by Gasteiger charge is -2.40. The second kappa shape index (κ2) is 7.58. The van der Waals surface area contributed by atoms with Gasteiger partial charge in [0.2, 0.25) is 0 Å². The van der Waals surface area contributed by atoms with Gasteiger partial charge in [0.05, 0.1) is 10.4 Å². The molecule has 0 spiro atoms. The van der Waals surface area contributed by atoms with Gasteiger partial charge < -0.3 is 5.32 Å². The Morgan fingerprint density at radius 3 is 2.74 bits per heavy atom. The summed E-state index contributed by atoms with van der Waals surface area (Å²) in [5.41, 5.74) is -3.92. The lowest BCUT2D eigenvalue weighted by atomic mass is 9.97. The highest BCUT2D eigenvalue weighted by Crippen LogP contribution is 2.42. The van der Waals surface area contributed by atoms with Crippen LogP contribution in [0.1, 0.15) is 25.7 Å². The molecular weight excluding hydrogens is 495 g/mol. The Morgan fingerprint density at radius 1 is 1.22 bits per heavy atom. The molecule has 4 rings (SSSR count). The van der Waals surface area contributed by atoms with E-state index in [-0.39, 0.29) is 35.4 Å². The second-order valence-electron chi connectivity index (χ2n) is 6.93. The van der Waals surface area contributed by atoms with Crippen molar-refractivity contribution < 1.29 is 17.6 Å². The van der Waals surface area contributed by atoms with Gasteiger partial charge in [-0.05, 0) is 72.2 Å². The van der Waals surface area contributed by atoms with E-state index in [0.29, 0.717) is 27.6 Å². The van der Waals surface area contributed by atoms with E-state index >= 15 is 0 Å². The van der Waals surface area contributed by atoms with Crippen LogP contribution in [0.25, 0.3) is 5.52 Å². The summed E-state index contributed by atoms with van der Waals surface area (Å²) in [5.74, 6) is 0.676. The van der Waals surface area contributed by atoms with E-state index in [4.69, 9.17) is 0 Å². The molecule has 148 valence electrons. The van der Waals surface area contributed by atoms with E-state index in [9.17, 15) is 17.6 Å². The summed E-state index contributed by atoms with van der Waals surface area (Å²) in [4.78, 5) is 2.37. The number of anilines is 1. The first-order valence-electron chi connectivity index (χ1n) is 8.88. The first kappa shape index (κ1) is 19.6. The number of alkyl halides is 4. The van der Waals surface area contributed by atoms with E-state index in [1.165, 1.54) is 0 Å². The van der Waals surface area contributed by atoms with Crippen molar-refractivity contribution >= 4 is 45.7 Å². The number of aromatic nitrogens is 2. The lowest BCUT2D eigenvalue weighted by Crippen LogP contribution is -2.51. The van der Waals surface area contributed by atoms with Crippen LogP contribution in [0.2, 0.25) is 0 Å². The van der Waals surface area contributed by atoms with Crippen LogP contribution in [0.15, 0.2) is 23.1 Å². The third-order valence-electron chi connectivity index (χ3n) is 5.43. The fourth-order valence-corrected chi connectivity index (χ4v) is 5.85. The van der Waals surface area contributed by atoms with Gasteiger partial charge in [-0.3, -0.25) is 4.90 Å². The summed E-state index contributed by atoms with van der Waals surface area (Å²) in [7, 11) is 0. The molecule has 2 saturated heterocycles. The number of nitrogens with zero attached hydrogens (tertiary/aromatic N) is 3. The highest BCUT2D eigenvalue weighted by molar-refractivity contribution is 14.1. The van der Waals surface area contributed by atoms with Crippen LogP contribution in [-0.2, 0) is 0 Å². The number of fused-ring (bicyclic) bond motifs is 3. The number of hydrogen-bond acceptors (Lipinski definition) is 4. The van der Waals surface area contributed by atoms with Crippen LogP contribution in [0.4, 0.5) is 23.4 Å². The van der Waals surface area contributed by atoms with Crippen molar-refractivity contribution in [2.75, 3.05) is 18.5 Å². The first-order valence-corrected chi connectivity index (χ1v) is 10.8. The predicted octanol–water partition coefficient (Wildman–Crippen LogP) is 4.93. The van der Waals surface area contributed by atoms with Crippen molar-refractivity contribution in [1.29, 1.82) is 0 Å².